The average Bonchev–Trinajstić information content (AvgIpc) is 2.93. The molecule has 0 saturated carbocycles. The van der Waals surface area contributed by atoms with Crippen LogP contribution in [0.3, 0.4) is 0 Å². The first-order chi connectivity index (χ1) is 10.2. The summed E-state index contributed by atoms with van der Waals surface area (Å²) in [5.41, 5.74) is 2.27. The Labute approximate surface area is 129 Å². The molecule has 0 bridgehead atoms. The fourth-order valence-electron chi connectivity index (χ4n) is 2.99. The molecule has 1 aliphatic rings. The zero-order valence-corrected chi connectivity index (χ0v) is 12.9. The van der Waals surface area contributed by atoms with Crippen LogP contribution in [-0.2, 0) is 0 Å². The van der Waals surface area contributed by atoms with Gasteiger partial charge in [-0.3, -0.25) is 0 Å². The molecule has 110 valence electrons. The Morgan fingerprint density at radius 2 is 2.10 bits per heavy atom. The SMILES string of the molecule is CNC(c1cc(Cl)ccc1OC)C1COc2ccccc21. The first-order valence-corrected chi connectivity index (χ1v) is 7.35. The van der Waals surface area contributed by atoms with Crippen molar-refractivity contribution in [1.29, 1.82) is 0 Å². The normalized spacial score (nSPS) is 18.0. The summed E-state index contributed by atoms with van der Waals surface area (Å²) < 4.78 is 11.3. The van der Waals surface area contributed by atoms with E-state index in [1.165, 1.54) is 5.56 Å². The van der Waals surface area contributed by atoms with Crippen LogP contribution in [0.1, 0.15) is 23.1 Å². The molecule has 0 fully saturated rings. The van der Waals surface area contributed by atoms with Gasteiger partial charge in [-0.2, -0.15) is 0 Å². The number of methoxy groups -OCH3 is 1. The van der Waals surface area contributed by atoms with Gasteiger partial charge in [0.2, 0.25) is 0 Å². The minimum atomic E-state index is 0.0855. The van der Waals surface area contributed by atoms with E-state index in [0.29, 0.717) is 11.6 Å². The summed E-state index contributed by atoms with van der Waals surface area (Å²) in [5.74, 6) is 2.03. The van der Waals surface area contributed by atoms with E-state index in [4.69, 9.17) is 21.1 Å². The van der Waals surface area contributed by atoms with Crippen molar-refractivity contribution in [3.05, 3.63) is 58.6 Å². The van der Waals surface area contributed by atoms with Gasteiger partial charge in [0, 0.05) is 28.1 Å². The first-order valence-electron chi connectivity index (χ1n) is 6.97. The Morgan fingerprint density at radius 3 is 2.86 bits per heavy atom. The van der Waals surface area contributed by atoms with Crippen LogP contribution in [0.25, 0.3) is 0 Å². The topological polar surface area (TPSA) is 30.5 Å². The number of benzene rings is 2. The smallest absolute Gasteiger partial charge is 0.123 e. The van der Waals surface area contributed by atoms with Gasteiger partial charge < -0.3 is 14.8 Å². The van der Waals surface area contributed by atoms with Crippen molar-refractivity contribution < 1.29 is 9.47 Å². The molecule has 4 heteroatoms. The second-order valence-electron chi connectivity index (χ2n) is 5.11. The lowest BCUT2D eigenvalue weighted by atomic mass is 9.88. The van der Waals surface area contributed by atoms with Crippen molar-refractivity contribution >= 4 is 11.6 Å². The Kier molecular flexibility index (Phi) is 4.04. The van der Waals surface area contributed by atoms with Gasteiger partial charge in [0.05, 0.1) is 13.7 Å². The van der Waals surface area contributed by atoms with Crippen LogP contribution < -0.4 is 14.8 Å². The summed E-state index contributed by atoms with van der Waals surface area (Å²) in [5, 5.41) is 4.09. The predicted molar refractivity (Wildman–Crippen MR) is 84.5 cm³/mol. The third-order valence-electron chi connectivity index (χ3n) is 3.98. The van der Waals surface area contributed by atoms with Crippen molar-refractivity contribution in [3.63, 3.8) is 0 Å². The van der Waals surface area contributed by atoms with Crippen molar-refractivity contribution in [1.82, 2.24) is 5.32 Å². The van der Waals surface area contributed by atoms with Gasteiger partial charge in [-0.25, -0.2) is 0 Å². The maximum Gasteiger partial charge on any atom is 0.123 e. The molecule has 2 unspecified atom stereocenters. The van der Waals surface area contributed by atoms with Gasteiger partial charge >= 0.3 is 0 Å². The molecule has 3 rings (SSSR count). The number of hydrogen-bond donors (Lipinski definition) is 1. The highest BCUT2D eigenvalue weighted by molar-refractivity contribution is 6.30. The highest BCUT2D eigenvalue weighted by Gasteiger charge is 2.32. The number of para-hydroxylation sites is 1. The number of hydrogen-bond acceptors (Lipinski definition) is 3. The lowest BCUT2D eigenvalue weighted by molar-refractivity contribution is 0.300. The zero-order valence-electron chi connectivity index (χ0n) is 12.1. The van der Waals surface area contributed by atoms with Gasteiger partial charge in [-0.15, -0.1) is 0 Å². The molecule has 2 atom stereocenters. The van der Waals surface area contributed by atoms with Crippen molar-refractivity contribution in [3.8, 4) is 11.5 Å². The third kappa shape index (κ3) is 2.59. The fraction of sp³-hybridized carbons (Fsp3) is 0.294. The summed E-state index contributed by atoms with van der Waals surface area (Å²) in [7, 11) is 3.63. The van der Waals surface area contributed by atoms with E-state index in [2.05, 4.69) is 11.4 Å². The molecular formula is C17H18ClNO2. The minimum Gasteiger partial charge on any atom is -0.496 e. The van der Waals surface area contributed by atoms with E-state index >= 15 is 0 Å². The monoisotopic (exact) mass is 303 g/mol. The Morgan fingerprint density at radius 1 is 1.29 bits per heavy atom. The molecule has 0 spiro atoms. The number of nitrogens with one attached hydrogen (secondary N) is 1. The molecule has 0 aliphatic carbocycles. The molecule has 21 heavy (non-hydrogen) atoms. The van der Waals surface area contributed by atoms with E-state index < -0.39 is 0 Å². The number of fused-ring (bicyclic) bond motifs is 1. The van der Waals surface area contributed by atoms with Crippen LogP contribution in [-0.4, -0.2) is 20.8 Å². The summed E-state index contributed by atoms with van der Waals surface area (Å²) >= 11 is 6.17. The highest BCUT2D eigenvalue weighted by Crippen LogP contribution is 2.43. The van der Waals surface area contributed by atoms with Gasteiger partial charge in [-0.05, 0) is 31.3 Å². The van der Waals surface area contributed by atoms with Crippen molar-refractivity contribution in [2.45, 2.75) is 12.0 Å². The van der Waals surface area contributed by atoms with Gasteiger partial charge in [0.15, 0.2) is 0 Å². The molecule has 1 N–H and O–H groups in total. The standard InChI is InChI=1S/C17H18ClNO2/c1-19-17(13-9-11(18)7-8-15(13)20-2)14-10-21-16-6-4-3-5-12(14)16/h3-9,14,17,19H,10H2,1-2H3. The summed E-state index contributed by atoms with van der Waals surface area (Å²) in [6.45, 7) is 0.653. The summed E-state index contributed by atoms with van der Waals surface area (Å²) in [6, 6.07) is 14.0. The van der Waals surface area contributed by atoms with Crippen LogP contribution in [0.5, 0.6) is 11.5 Å². The molecule has 2 aromatic carbocycles. The van der Waals surface area contributed by atoms with Crippen molar-refractivity contribution in [2.75, 3.05) is 20.8 Å². The molecule has 0 radical (unpaired) electrons. The highest BCUT2D eigenvalue weighted by atomic mass is 35.5. The van der Waals surface area contributed by atoms with Crippen LogP contribution in [0, 0.1) is 0 Å². The van der Waals surface area contributed by atoms with Crippen molar-refractivity contribution in [2.24, 2.45) is 0 Å². The maximum atomic E-state index is 6.17. The quantitative estimate of drug-likeness (QED) is 0.932. The van der Waals surface area contributed by atoms with Gasteiger partial charge in [0.25, 0.3) is 0 Å². The molecule has 3 nitrogen and oxygen atoms in total. The molecule has 2 aromatic rings. The molecule has 0 aromatic heterocycles. The molecule has 0 amide bonds. The van der Waals surface area contributed by atoms with Crippen LogP contribution in [0.2, 0.25) is 5.02 Å². The number of halogens is 1. The summed E-state index contributed by atoms with van der Waals surface area (Å²) in [4.78, 5) is 0. The molecular weight excluding hydrogens is 286 g/mol. The van der Waals surface area contributed by atoms with E-state index in [9.17, 15) is 0 Å². The van der Waals surface area contributed by atoms with E-state index in [0.717, 1.165) is 17.1 Å². The van der Waals surface area contributed by atoms with E-state index in [1.54, 1.807) is 7.11 Å². The largest absolute Gasteiger partial charge is 0.496 e. The zero-order chi connectivity index (χ0) is 14.8. The second-order valence-corrected chi connectivity index (χ2v) is 5.54. The Bertz CT molecular complexity index is 644. The molecule has 1 aliphatic heterocycles. The molecule has 1 heterocycles. The number of likely N-dealkylation sites (N-methyl/N-ethyl adjacent to an activating group) is 1. The van der Waals surface area contributed by atoms with Gasteiger partial charge in [-0.1, -0.05) is 29.8 Å². The number of rotatable bonds is 4. The average molecular weight is 304 g/mol. The lowest BCUT2D eigenvalue weighted by Crippen LogP contribution is -2.25. The fourth-order valence-corrected chi connectivity index (χ4v) is 3.17. The molecule has 0 saturated heterocycles. The third-order valence-corrected chi connectivity index (χ3v) is 4.21. The Hall–Kier alpha value is -1.71. The van der Waals surface area contributed by atoms with Gasteiger partial charge in [0.1, 0.15) is 11.5 Å². The van der Waals surface area contributed by atoms with E-state index in [-0.39, 0.29) is 12.0 Å². The van der Waals surface area contributed by atoms with Crippen LogP contribution >= 0.6 is 11.6 Å². The van der Waals surface area contributed by atoms with Crippen LogP contribution in [0.4, 0.5) is 0 Å². The first kappa shape index (κ1) is 14.2. The second kappa shape index (κ2) is 5.96. The van der Waals surface area contributed by atoms with E-state index in [1.807, 2.05) is 43.4 Å². The minimum absolute atomic E-state index is 0.0855. The van der Waals surface area contributed by atoms with Crippen LogP contribution in [0.15, 0.2) is 42.5 Å². The Balaban J connectivity index is 2.02. The maximum absolute atomic E-state index is 6.17. The number of ether oxygens (including phenoxy) is 2. The predicted octanol–water partition coefficient (Wildman–Crippen LogP) is 3.79. The summed E-state index contributed by atoms with van der Waals surface area (Å²) in [6.07, 6.45) is 0. The lowest BCUT2D eigenvalue weighted by Gasteiger charge is -2.24.